The van der Waals surface area contributed by atoms with Crippen molar-refractivity contribution in [3.63, 3.8) is 0 Å². The van der Waals surface area contributed by atoms with Crippen LogP contribution in [-0.4, -0.2) is 30.2 Å². The fourth-order valence-corrected chi connectivity index (χ4v) is 3.51. The molecule has 25 heavy (non-hydrogen) atoms. The number of benzene rings is 2. The molecule has 1 N–H and O–H groups in total. The molecule has 128 valence electrons. The van der Waals surface area contributed by atoms with Gasteiger partial charge in [-0.3, -0.25) is 4.90 Å². The highest BCUT2D eigenvalue weighted by atomic mass is 35.5. The van der Waals surface area contributed by atoms with E-state index >= 15 is 0 Å². The summed E-state index contributed by atoms with van der Waals surface area (Å²) in [6.45, 7) is 2.35. The summed E-state index contributed by atoms with van der Waals surface area (Å²) in [5.74, 6) is 0. The lowest BCUT2D eigenvalue weighted by Gasteiger charge is -2.29. The van der Waals surface area contributed by atoms with Crippen molar-refractivity contribution < 1.29 is 4.11 Å². The monoisotopic (exact) mass is 354 g/mol. The van der Waals surface area contributed by atoms with Gasteiger partial charge < -0.3 is 5.32 Å². The first kappa shape index (κ1) is 13.2. The number of nitrogens with zero attached hydrogens (tertiary/aromatic N) is 2. The molecule has 1 atom stereocenters. The third kappa shape index (κ3) is 3.10. The zero-order valence-electron chi connectivity index (χ0n) is 17.3. The molecule has 4 heteroatoms. The molecule has 2 heterocycles. The van der Waals surface area contributed by atoms with Gasteiger partial charge in [-0.1, -0.05) is 29.3 Å². The molecule has 4 rings (SSSR count). The maximum atomic E-state index is 7.74. The van der Waals surface area contributed by atoms with Crippen LogP contribution in [0.25, 0.3) is 0 Å². The zero-order valence-corrected chi connectivity index (χ0v) is 15.1. The van der Waals surface area contributed by atoms with Crippen LogP contribution in [0.5, 0.6) is 0 Å². The Balaban J connectivity index is 1.86. The lowest BCUT2D eigenvalue weighted by Crippen LogP contribution is -2.33. The SMILES string of the molecule is [2H]C([2H])([2H])N1CCC(C2=Nc3cc(Cl)ccc3Nc3ccc(C)cc32)=C[C@@H]1C. The van der Waals surface area contributed by atoms with E-state index in [2.05, 4.69) is 30.4 Å². The molecule has 3 nitrogen and oxygen atoms in total. The fraction of sp³-hybridized carbons (Fsp3) is 0.286. The van der Waals surface area contributed by atoms with Gasteiger partial charge in [-0.25, -0.2) is 4.99 Å². The van der Waals surface area contributed by atoms with Crippen molar-refractivity contribution in [2.45, 2.75) is 26.3 Å². The van der Waals surface area contributed by atoms with Crippen LogP contribution in [0, 0.1) is 6.92 Å². The molecule has 0 aromatic heterocycles. The molecule has 2 aliphatic heterocycles. The molecule has 2 aromatic carbocycles. The molecular formula is C21H22ClN3. The Bertz CT molecular complexity index is 995. The number of aliphatic imine (C=N–C) groups is 1. The molecule has 0 saturated carbocycles. The maximum Gasteiger partial charge on any atom is 0.0886 e. The minimum Gasteiger partial charge on any atom is -0.353 e. The van der Waals surface area contributed by atoms with E-state index in [0.717, 1.165) is 39.5 Å². The van der Waals surface area contributed by atoms with E-state index in [1.807, 2.05) is 31.2 Å². The number of halogens is 1. The average Bonchev–Trinajstić information content (AvgIpc) is 2.77. The van der Waals surface area contributed by atoms with Crippen molar-refractivity contribution in [1.29, 1.82) is 0 Å². The first-order chi connectivity index (χ1) is 13.2. The highest BCUT2D eigenvalue weighted by molar-refractivity contribution is 6.31. The summed E-state index contributed by atoms with van der Waals surface area (Å²) in [6.07, 6.45) is 2.65. The van der Waals surface area contributed by atoms with Crippen LogP contribution in [0.15, 0.2) is 53.0 Å². The molecular weight excluding hydrogens is 330 g/mol. The summed E-state index contributed by atoms with van der Waals surface area (Å²) in [5, 5.41) is 4.10. The van der Waals surface area contributed by atoms with E-state index in [9.17, 15) is 0 Å². The topological polar surface area (TPSA) is 27.6 Å². The standard InChI is InChI=1S/C21H22ClN3/c1-13-4-6-18-17(10-13)21(15-8-9-25(3)14(2)11-15)24-20-12-16(22)5-7-19(20)23-18/h4-7,10-12,14,23H,8-9H2,1-3H3/t14-/m0/s1/i3D3. The van der Waals surface area contributed by atoms with Gasteiger partial charge >= 0.3 is 0 Å². The Morgan fingerprint density at radius 3 is 2.88 bits per heavy atom. The van der Waals surface area contributed by atoms with E-state index in [4.69, 9.17) is 20.7 Å². The molecule has 0 unspecified atom stereocenters. The third-order valence-electron chi connectivity index (χ3n) is 4.75. The van der Waals surface area contributed by atoms with E-state index in [1.54, 1.807) is 4.90 Å². The van der Waals surface area contributed by atoms with Crippen molar-refractivity contribution in [2.75, 3.05) is 18.8 Å². The van der Waals surface area contributed by atoms with Gasteiger partial charge in [0, 0.05) is 33.0 Å². The van der Waals surface area contributed by atoms with Gasteiger partial charge in [0.2, 0.25) is 0 Å². The third-order valence-corrected chi connectivity index (χ3v) is 4.99. The lowest BCUT2D eigenvalue weighted by molar-refractivity contribution is 0.288. The number of hydrogen-bond donors (Lipinski definition) is 1. The summed E-state index contributed by atoms with van der Waals surface area (Å²) in [6, 6.07) is 11.7. The minimum absolute atomic E-state index is 0.192. The molecule has 2 aliphatic rings. The lowest BCUT2D eigenvalue weighted by atomic mass is 9.93. The van der Waals surface area contributed by atoms with Crippen molar-refractivity contribution in [3.8, 4) is 0 Å². The van der Waals surface area contributed by atoms with Crippen LogP contribution in [0.2, 0.25) is 5.02 Å². The second kappa shape index (κ2) is 6.32. The molecule has 0 bridgehead atoms. The first-order valence-corrected chi connectivity index (χ1v) is 8.84. The summed E-state index contributed by atoms with van der Waals surface area (Å²) in [7, 11) is 0. The number of rotatable bonds is 1. The number of aryl methyl sites for hydroxylation is 1. The van der Waals surface area contributed by atoms with Crippen LogP contribution in [0.4, 0.5) is 17.1 Å². The van der Waals surface area contributed by atoms with Gasteiger partial charge in [0.15, 0.2) is 0 Å². The number of fused-ring (bicyclic) bond motifs is 2. The molecule has 0 amide bonds. The average molecular weight is 355 g/mol. The Labute approximate surface area is 158 Å². The van der Waals surface area contributed by atoms with E-state index < -0.39 is 6.98 Å². The van der Waals surface area contributed by atoms with Crippen LogP contribution in [0.3, 0.4) is 0 Å². The second-order valence-electron chi connectivity index (χ2n) is 6.67. The summed E-state index contributed by atoms with van der Waals surface area (Å²) < 4.78 is 23.2. The van der Waals surface area contributed by atoms with Crippen molar-refractivity contribution >= 4 is 34.4 Å². The first-order valence-electron chi connectivity index (χ1n) is 9.96. The number of anilines is 2. The number of nitrogens with one attached hydrogen (secondary N) is 1. The molecule has 0 saturated heterocycles. The predicted octanol–water partition coefficient (Wildman–Crippen LogP) is 5.48. The summed E-state index contributed by atoms with van der Waals surface area (Å²) in [4.78, 5) is 6.52. The van der Waals surface area contributed by atoms with Gasteiger partial charge in [0.25, 0.3) is 0 Å². The zero-order chi connectivity index (χ0) is 20.1. The quantitative estimate of drug-likeness (QED) is 0.734. The fourth-order valence-electron chi connectivity index (χ4n) is 3.34. The van der Waals surface area contributed by atoms with Crippen molar-refractivity contribution in [3.05, 3.63) is 64.2 Å². The van der Waals surface area contributed by atoms with E-state index in [0.29, 0.717) is 18.0 Å². The van der Waals surface area contributed by atoms with Gasteiger partial charge in [-0.05, 0) is 63.1 Å². The van der Waals surface area contributed by atoms with E-state index in [1.165, 1.54) is 0 Å². The number of likely N-dealkylation sites (N-methyl/N-ethyl adjacent to an activating group) is 1. The second-order valence-corrected chi connectivity index (χ2v) is 7.11. The summed E-state index contributed by atoms with van der Waals surface area (Å²) >= 11 is 6.21. The maximum absolute atomic E-state index is 7.74. The molecule has 2 aromatic rings. The smallest absolute Gasteiger partial charge is 0.0886 e. The van der Waals surface area contributed by atoms with Crippen LogP contribution >= 0.6 is 11.6 Å². The van der Waals surface area contributed by atoms with Gasteiger partial charge in [0.1, 0.15) is 0 Å². The predicted molar refractivity (Wildman–Crippen MR) is 107 cm³/mol. The normalized spacial score (nSPS) is 22.2. The Kier molecular flexibility index (Phi) is 3.33. The van der Waals surface area contributed by atoms with Crippen molar-refractivity contribution in [2.24, 2.45) is 4.99 Å². The highest BCUT2D eigenvalue weighted by Crippen LogP contribution is 2.38. The van der Waals surface area contributed by atoms with Gasteiger partial charge in [-0.15, -0.1) is 0 Å². The molecule has 0 fully saturated rings. The van der Waals surface area contributed by atoms with Crippen molar-refractivity contribution in [1.82, 2.24) is 4.90 Å². The van der Waals surface area contributed by atoms with E-state index in [-0.39, 0.29) is 6.04 Å². The molecule has 0 spiro atoms. The largest absolute Gasteiger partial charge is 0.353 e. The van der Waals surface area contributed by atoms with Gasteiger partial charge in [0.05, 0.1) is 17.1 Å². The van der Waals surface area contributed by atoms with Crippen LogP contribution in [-0.2, 0) is 0 Å². The summed E-state index contributed by atoms with van der Waals surface area (Å²) in [5.41, 5.74) is 6.77. The van der Waals surface area contributed by atoms with Crippen LogP contribution in [0.1, 0.15) is 28.6 Å². The Morgan fingerprint density at radius 2 is 2.08 bits per heavy atom. The number of hydrogen-bond acceptors (Lipinski definition) is 3. The molecule has 0 radical (unpaired) electrons. The Hall–Kier alpha value is -2.10. The Morgan fingerprint density at radius 1 is 1.24 bits per heavy atom. The highest BCUT2D eigenvalue weighted by Gasteiger charge is 2.23. The minimum atomic E-state index is -2.09. The van der Waals surface area contributed by atoms with Gasteiger partial charge in [-0.2, -0.15) is 0 Å². The van der Waals surface area contributed by atoms with Crippen LogP contribution < -0.4 is 5.32 Å². The molecule has 0 aliphatic carbocycles.